The van der Waals surface area contributed by atoms with Crippen molar-refractivity contribution in [1.82, 2.24) is 34.1 Å². The maximum Gasteiger partial charge on any atom is 0.258 e. The number of carbonyl (C=O) groups is 1. The van der Waals surface area contributed by atoms with Gasteiger partial charge in [-0.25, -0.2) is 14.0 Å². The van der Waals surface area contributed by atoms with E-state index in [-0.39, 0.29) is 5.91 Å². The third-order valence-electron chi connectivity index (χ3n) is 6.06. The number of aromatic nitrogens is 6. The number of methoxy groups -OCH3 is 1. The maximum atomic E-state index is 13.8. The first-order valence-corrected chi connectivity index (χ1v) is 10.4. The predicted molar refractivity (Wildman–Crippen MR) is 117 cm³/mol. The molecule has 0 radical (unpaired) electrons. The molecule has 1 amide bonds. The standard InChI is InChI=1S/C23H21N7O2/c1-14-5-6-18-15(11-26-30(18)12-14)23(31)28-9-7-16-21(25-13-24-16)22(28)17-10-19-20(32-2)4-3-8-29(19)27-17/h3-6,8,10-13,22H,7,9H2,1-2H3,(H,24,25). The Morgan fingerprint density at radius 1 is 1.22 bits per heavy atom. The van der Waals surface area contributed by atoms with Crippen LogP contribution in [0, 0.1) is 6.92 Å². The Balaban J connectivity index is 1.49. The quantitative estimate of drug-likeness (QED) is 0.478. The molecule has 0 aliphatic carbocycles. The summed E-state index contributed by atoms with van der Waals surface area (Å²) >= 11 is 0. The van der Waals surface area contributed by atoms with Crippen molar-refractivity contribution >= 4 is 16.9 Å². The van der Waals surface area contributed by atoms with Gasteiger partial charge < -0.3 is 14.6 Å². The average Bonchev–Trinajstić information content (AvgIpc) is 3.54. The van der Waals surface area contributed by atoms with E-state index in [1.54, 1.807) is 28.7 Å². The summed E-state index contributed by atoms with van der Waals surface area (Å²) in [5, 5.41) is 9.18. The SMILES string of the molecule is COc1cccn2nc(C3c4nc[nH]c4CCN3C(=O)c3cnn4cc(C)ccc34)cc12. The topological polar surface area (TPSA) is 92.8 Å². The molecule has 1 N–H and O–H groups in total. The lowest BCUT2D eigenvalue weighted by Crippen LogP contribution is -2.41. The van der Waals surface area contributed by atoms with Crippen LogP contribution in [-0.2, 0) is 6.42 Å². The summed E-state index contributed by atoms with van der Waals surface area (Å²) in [5.41, 5.74) is 5.85. The molecule has 1 atom stereocenters. The summed E-state index contributed by atoms with van der Waals surface area (Å²) in [6, 6.07) is 9.25. The monoisotopic (exact) mass is 427 g/mol. The molecule has 9 nitrogen and oxygen atoms in total. The Morgan fingerprint density at radius 3 is 3.00 bits per heavy atom. The first-order valence-electron chi connectivity index (χ1n) is 10.4. The summed E-state index contributed by atoms with van der Waals surface area (Å²) in [6.45, 7) is 2.55. The van der Waals surface area contributed by atoms with Crippen LogP contribution in [0.1, 0.15) is 39.0 Å². The average molecular weight is 427 g/mol. The normalized spacial score (nSPS) is 15.9. The van der Waals surface area contributed by atoms with E-state index in [4.69, 9.17) is 9.84 Å². The molecule has 6 rings (SSSR count). The number of nitrogens with one attached hydrogen (secondary N) is 1. The third-order valence-corrected chi connectivity index (χ3v) is 6.06. The van der Waals surface area contributed by atoms with Crippen LogP contribution in [0.3, 0.4) is 0 Å². The van der Waals surface area contributed by atoms with E-state index in [1.807, 2.05) is 54.5 Å². The molecular formula is C23H21N7O2. The second kappa shape index (κ2) is 6.94. The largest absolute Gasteiger partial charge is 0.494 e. The zero-order valence-corrected chi connectivity index (χ0v) is 17.7. The van der Waals surface area contributed by atoms with Crippen molar-refractivity contribution in [1.29, 1.82) is 0 Å². The van der Waals surface area contributed by atoms with Crippen LogP contribution in [0.4, 0.5) is 0 Å². The van der Waals surface area contributed by atoms with Crippen molar-refractivity contribution in [3.8, 4) is 5.75 Å². The second-order valence-corrected chi connectivity index (χ2v) is 7.99. The van der Waals surface area contributed by atoms with Gasteiger partial charge in [0.1, 0.15) is 17.3 Å². The number of pyridine rings is 2. The van der Waals surface area contributed by atoms with Gasteiger partial charge in [0.2, 0.25) is 0 Å². The van der Waals surface area contributed by atoms with Gasteiger partial charge >= 0.3 is 0 Å². The highest BCUT2D eigenvalue weighted by Gasteiger charge is 2.37. The number of H-pyrrole nitrogens is 1. The lowest BCUT2D eigenvalue weighted by Gasteiger charge is -2.33. The van der Waals surface area contributed by atoms with Gasteiger partial charge in [-0.1, -0.05) is 6.07 Å². The fourth-order valence-electron chi connectivity index (χ4n) is 4.52. The smallest absolute Gasteiger partial charge is 0.258 e. The van der Waals surface area contributed by atoms with Crippen LogP contribution in [0.15, 0.2) is 55.2 Å². The molecule has 0 saturated heterocycles. The number of hydrogen-bond acceptors (Lipinski definition) is 5. The molecule has 32 heavy (non-hydrogen) atoms. The molecule has 0 aromatic carbocycles. The molecule has 0 bridgehead atoms. The van der Waals surface area contributed by atoms with E-state index >= 15 is 0 Å². The predicted octanol–water partition coefficient (Wildman–Crippen LogP) is 2.81. The van der Waals surface area contributed by atoms with Gasteiger partial charge in [-0.3, -0.25) is 4.79 Å². The Hall–Kier alpha value is -4.14. The van der Waals surface area contributed by atoms with Gasteiger partial charge in [0.15, 0.2) is 0 Å². The van der Waals surface area contributed by atoms with E-state index in [0.717, 1.165) is 39.4 Å². The summed E-state index contributed by atoms with van der Waals surface area (Å²) in [5.74, 6) is 0.631. The van der Waals surface area contributed by atoms with Crippen molar-refractivity contribution < 1.29 is 9.53 Å². The molecule has 0 spiro atoms. The number of carbonyl (C=O) groups excluding carboxylic acids is 1. The number of amides is 1. The van der Waals surface area contributed by atoms with Gasteiger partial charge in [-0.15, -0.1) is 0 Å². The molecular weight excluding hydrogens is 406 g/mol. The van der Waals surface area contributed by atoms with E-state index in [1.165, 1.54) is 0 Å². The lowest BCUT2D eigenvalue weighted by atomic mass is 9.98. The molecule has 9 heteroatoms. The third kappa shape index (κ3) is 2.71. The molecule has 0 fully saturated rings. The fourth-order valence-corrected chi connectivity index (χ4v) is 4.52. The Labute approximate surface area is 183 Å². The van der Waals surface area contributed by atoms with E-state index in [0.29, 0.717) is 18.5 Å². The summed E-state index contributed by atoms with van der Waals surface area (Å²) in [4.78, 5) is 23.4. The number of nitrogens with zero attached hydrogens (tertiary/aromatic N) is 6. The highest BCUT2D eigenvalue weighted by Crippen LogP contribution is 2.35. The van der Waals surface area contributed by atoms with Crippen molar-refractivity contribution in [2.75, 3.05) is 13.7 Å². The van der Waals surface area contributed by atoms with Crippen molar-refractivity contribution in [2.45, 2.75) is 19.4 Å². The molecule has 0 saturated carbocycles. The number of imidazole rings is 1. The van der Waals surface area contributed by atoms with Crippen molar-refractivity contribution in [3.63, 3.8) is 0 Å². The highest BCUT2D eigenvalue weighted by molar-refractivity contribution is 6.01. The van der Waals surface area contributed by atoms with Gasteiger partial charge in [0, 0.05) is 31.1 Å². The van der Waals surface area contributed by atoms with Gasteiger partial charge in [0.05, 0.1) is 42.1 Å². The first-order chi connectivity index (χ1) is 15.6. The second-order valence-electron chi connectivity index (χ2n) is 7.99. The lowest BCUT2D eigenvalue weighted by molar-refractivity contribution is 0.0689. The number of ether oxygens (including phenoxy) is 1. The highest BCUT2D eigenvalue weighted by atomic mass is 16.5. The fraction of sp³-hybridized carbons (Fsp3) is 0.217. The molecule has 1 unspecified atom stereocenters. The minimum atomic E-state index is -0.414. The molecule has 1 aliphatic rings. The molecule has 5 aromatic heterocycles. The van der Waals surface area contributed by atoms with E-state index in [2.05, 4.69) is 15.1 Å². The molecule has 5 aromatic rings. The van der Waals surface area contributed by atoms with Crippen LogP contribution in [0.25, 0.3) is 11.0 Å². The summed E-state index contributed by atoms with van der Waals surface area (Å²) in [6.07, 6.45) is 7.81. The van der Waals surface area contributed by atoms with E-state index in [9.17, 15) is 4.79 Å². The van der Waals surface area contributed by atoms with Crippen LogP contribution in [0.2, 0.25) is 0 Å². The van der Waals surface area contributed by atoms with Crippen LogP contribution < -0.4 is 4.74 Å². The zero-order chi connectivity index (χ0) is 21.8. The van der Waals surface area contributed by atoms with Crippen LogP contribution in [-0.4, -0.2) is 53.7 Å². The molecule has 1 aliphatic heterocycles. The Morgan fingerprint density at radius 2 is 2.12 bits per heavy atom. The Bertz CT molecular complexity index is 1480. The number of rotatable bonds is 3. The first kappa shape index (κ1) is 18.6. The molecule has 160 valence electrons. The van der Waals surface area contributed by atoms with Crippen molar-refractivity contribution in [3.05, 3.63) is 83.5 Å². The minimum absolute atomic E-state index is 0.0912. The van der Waals surface area contributed by atoms with E-state index < -0.39 is 6.04 Å². The number of fused-ring (bicyclic) bond motifs is 3. The van der Waals surface area contributed by atoms with Crippen molar-refractivity contribution in [2.24, 2.45) is 0 Å². The number of aromatic amines is 1. The zero-order valence-electron chi connectivity index (χ0n) is 17.7. The summed E-state index contributed by atoms with van der Waals surface area (Å²) in [7, 11) is 1.64. The van der Waals surface area contributed by atoms with Gasteiger partial charge in [-0.05, 0) is 36.8 Å². The van der Waals surface area contributed by atoms with Crippen LogP contribution in [0.5, 0.6) is 5.75 Å². The number of hydrogen-bond donors (Lipinski definition) is 1. The van der Waals surface area contributed by atoms with Gasteiger partial charge in [0.25, 0.3) is 5.91 Å². The maximum absolute atomic E-state index is 13.8. The molecule has 6 heterocycles. The van der Waals surface area contributed by atoms with Crippen LogP contribution >= 0.6 is 0 Å². The minimum Gasteiger partial charge on any atom is -0.494 e. The Kier molecular flexibility index (Phi) is 4.04. The summed E-state index contributed by atoms with van der Waals surface area (Å²) < 4.78 is 9.02. The van der Waals surface area contributed by atoms with Gasteiger partial charge in [-0.2, -0.15) is 10.2 Å². The number of aryl methyl sites for hydroxylation is 1.